The number of carbonyl (C=O) groups is 1. The van der Waals surface area contributed by atoms with Crippen molar-refractivity contribution in [3.05, 3.63) is 28.2 Å². The third-order valence-electron chi connectivity index (χ3n) is 1.88. The molecule has 0 aliphatic heterocycles. The van der Waals surface area contributed by atoms with E-state index in [4.69, 9.17) is 23.2 Å². The summed E-state index contributed by atoms with van der Waals surface area (Å²) < 4.78 is 0. The maximum Gasteiger partial charge on any atom is 0.241 e. The van der Waals surface area contributed by atoms with Crippen molar-refractivity contribution < 1.29 is 4.79 Å². The summed E-state index contributed by atoms with van der Waals surface area (Å²) >= 11 is 11.8. The SMILES string of the molecule is CN(C)C(=O)CNc1c(Cl)cccc1Cl. The highest BCUT2D eigenvalue weighted by atomic mass is 35.5. The molecule has 0 radical (unpaired) electrons. The topological polar surface area (TPSA) is 32.3 Å². The van der Waals surface area contributed by atoms with Gasteiger partial charge < -0.3 is 10.2 Å². The fourth-order valence-electron chi connectivity index (χ4n) is 0.989. The molecule has 5 heteroatoms. The Kier molecular flexibility index (Phi) is 4.24. The second-order valence-corrected chi connectivity index (χ2v) is 4.05. The normalized spacial score (nSPS) is 9.87. The molecule has 0 saturated heterocycles. The van der Waals surface area contributed by atoms with E-state index >= 15 is 0 Å². The van der Waals surface area contributed by atoms with Crippen molar-refractivity contribution in [3.63, 3.8) is 0 Å². The molecule has 0 heterocycles. The van der Waals surface area contributed by atoms with Gasteiger partial charge in [-0.3, -0.25) is 4.79 Å². The Morgan fingerprint density at radius 3 is 2.33 bits per heavy atom. The second-order valence-electron chi connectivity index (χ2n) is 3.24. The lowest BCUT2D eigenvalue weighted by Gasteiger charge is -2.13. The van der Waals surface area contributed by atoms with Crippen LogP contribution in [0.25, 0.3) is 0 Å². The number of para-hydroxylation sites is 1. The number of hydrogen-bond donors (Lipinski definition) is 1. The zero-order chi connectivity index (χ0) is 11.4. The van der Waals surface area contributed by atoms with Crippen molar-refractivity contribution in [2.24, 2.45) is 0 Å². The number of hydrogen-bond acceptors (Lipinski definition) is 2. The number of carbonyl (C=O) groups excluding carboxylic acids is 1. The fourth-order valence-corrected chi connectivity index (χ4v) is 1.52. The number of rotatable bonds is 3. The summed E-state index contributed by atoms with van der Waals surface area (Å²) in [5.41, 5.74) is 0.594. The molecule has 0 unspecified atom stereocenters. The first-order valence-corrected chi connectivity index (χ1v) is 5.16. The second kappa shape index (κ2) is 5.24. The van der Waals surface area contributed by atoms with Crippen LogP contribution in [0.3, 0.4) is 0 Å². The fraction of sp³-hybridized carbons (Fsp3) is 0.300. The van der Waals surface area contributed by atoms with E-state index in [-0.39, 0.29) is 12.5 Å². The van der Waals surface area contributed by atoms with Crippen LogP contribution in [0.5, 0.6) is 0 Å². The molecule has 15 heavy (non-hydrogen) atoms. The molecule has 0 atom stereocenters. The number of likely N-dealkylation sites (N-methyl/N-ethyl adjacent to an activating group) is 1. The van der Waals surface area contributed by atoms with Gasteiger partial charge in [0.1, 0.15) is 0 Å². The molecule has 0 saturated carbocycles. The van der Waals surface area contributed by atoms with Crippen molar-refractivity contribution in [3.8, 4) is 0 Å². The van der Waals surface area contributed by atoms with E-state index in [1.165, 1.54) is 4.90 Å². The molecule has 1 rings (SSSR count). The van der Waals surface area contributed by atoms with E-state index in [0.717, 1.165) is 0 Å². The maximum atomic E-state index is 11.3. The Balaban J connectivity index is 2.69. The minimum Gasteiger partial charge on any atom is -0.374 e. The number of nitrogens with one attached hydrogen (secondary N) is 1. The molecule has 0 spiro atoms. The summed E-state index contributed by atoms with van der Waals surface area (Å²) in [4.78, 5) is 12.8. The summed E-state index contributed by atoms with van der Waals surface area (Å²) in [6.45, 7) is 0.177. The van der Waals surface area contributed by atoms with Crippen LogP contribution in [0.1, 0.15) is 0 Å². The van der Waals surface area contributed by atoms with Gasteiger partial charge in [-0.25, -0.2) is 0 Å². The molecule has 1 aromatic rings. The Morgan fingerprint density at radius 1 is 1.33 bits per heavy atom. The van der Waals surface area contributed by atoms with Gasteiger partial charge in [0.25, 0.3) is 0 Å². The van der Waals surface area contributed by atoms with E-state index in [1.54, 1.807) is 32.3 Å². The van der Waals surface area contributed by atoms with Crippen molar-refractivity contribution in [2.45, 2.75) is 0 Å². The van der Waals surface area contributed by atoms with Gasteiger partial charge in [0.2, 0.25) is 5.91 Å². The number of nitrogens with zero attached hydrogens (tertiary/aromatic N) is 1. The van der Waals surface area contributed by atoms with Gasteiger partial charge in [-0.2, -0.15) is 0 Å². The molecule has 0 aliphatic rings. The maximum absolute atomic E-state index is 11.3. The van der Waals surface area contributed by atoms with Gasteiger partial charge in [-0.15, -0.1) is 0 Å². The summed E-state index contributed by atoms with van der Waals surface area (Å²) in [6, 6.07) is 5.19. The summed E-state index contributed by atoms with van der Waals surface area (Å²) in [6.07, 6.45) is 0. The van der Waals surface area contributed by atoms with Crippen LogP contribution < -0.4 is 5.32 Å². The highest BCUT2D eigenvalue weighted by molar-refractivity contribution is 6.39. The van der Waals surface area contributed by atoms with Crippen molar-refractivity contribution in [1.82, 2.24) is 4.90 Å². The average molecular weight is 247 g/mol. The first kappa shape index (κ1) is 12.1. The summed E-state index contributed by atoms with van der Waals surface area (Å²) in [5, 5.41) is 3.92. The summed E-state index contributed by atoms with van der Waals surface area (Å²) in [5.74, 6) is -0.0361. The first-order chi connectivity index (χ1) is 7.02. The molecular weight excluding hydrogens is 235 g/mol. The number of anilines is 1. The third kappa shape index (κ3) is 3.29. The van der Waals surface area contributed by atoms with Gasteiger partial charge in [0, 0.05) is 14.1 Å². The molecule has 1 N–H and O–H groups in total. The van der Waals surface area contributed by atoms with Gasteiger partial charge in [0.05, 0.1) is 22.3 Å². The number of benzene rings is 1. The predicted octanol–water partition coefficient (Wildman–Crippen LogP) is 2.49. The van der Waals surface area contributed by atoms with Gasteiger partial charge in [-0.05, 0) is 12.1 Å². The Labute approximate surface area is 99.0 Å². The Hall–Kier alpha value is -0.930. The van der Waals surface area contributed by atoms with E-state index in [0.29, 0.717) is 15.7 Å². The molecular formula is C10H12Cl2N2O. The number of halogens is 2. The van der Waals surface area contributed by atoms with Gasteiger partial charge >= 0.3 is 0 Å². The lowest BCUT2D eigenvalue weighted by molar-refractivity contribution is -0.126. The first-order valence-electron chi connectivity index (χ1n) is 4.40. The Bertz CT molecular complexity index is 346. The van der Waals surface area contributed by atoms with Crippen LogP contribution in [-0.2, 0) is 4.79 Å². The standard InChI is InChI=1S/C10H12Cl2N2O/c1-14(2)9(15)6-13-10-7(11)4-3-5-8(10)12/h3-5,13H,6H2,1-2H3. The van der Waals surface area contributed by atoms with Crippen LogP contribution in [0, 0.1) is 0 Å². The third-order valence-corrected chi connectivity index (χ3v) is 2.51. The molecule has 1 aromatic carbocycles. The number of amides is 1. The van der Waals surface area contributed by atoms with Gasteiger partial charge in [-0.1, -0.05) is 29.3 Å². The van der Waals surface area contributed by atoms with Crippen LogP contribution in [0.15, 0.2) is 18.2 Å². The van der Waals surface area contributed by atoms with E-state index in [1.807, 2.05) is 0 Å². The van der Waals surface area contributed by atoms with Crippen molar-refractivity contribution in [1.29, 1.82) is 0 Å². The molecule has 0 aromatic heterocycles. The van der Waals surface area contributed by atoms with Crippen LogP contribution in [-0.4, -0.2) is 31.4 Å². The van der Waals surface area contributed by atoms with Crippen LogP contribution in [0.4, 0.5) is 5.69 Å². The zero-order valence-corrected chi connectivity index (χ0v) is 10.1. The van der Waals surface area contributed by atoms with Gasteiger partial charge in [0.15, 0.2) is 0 Å². The average Bonchev–Trinajstić information content (AvgIpc) is 2.16. The van der Waals surface area contributed by atoms with E-state index in [9.17, 15) is 4.79 Å². The van der Waals surface area contributed by atoms with Crippen molar-refractivity contribution in [2.75, 3.05) is 26.0 Å². The molecule has 1 amide bonds. The summed E-state index contributed by atoms with van der Waals surface area (Å²) in [7, 11) is 3.39. The van der Waals surface area contributed by atoms with Crippen molar-refractivity contribution >= 4 is 34.8 Å². The van der Waals surface area contributed by atoms with Crippen LogP contribution >= 0.6 is 23.2 Å². The monoisotopic (exact) mass is 246 g/mol. The molecule has 82 valence electrons. The molecule has 3 nitrogen and oxygen atoms in total. The molecule has 0 aliphatic carbocycles. The highest BCUT2D eigenvalue weighted by Crippen LogP contribution is 2.29. The Morgan fingerprint density at radius 2 is 1.87 bits per heavy atom. The molecule has 0 bridgehead atoms. The lowest BCUT2D eigenvalue weighted by atomic mass is 10.3. The van der Waals surface area contributed by atoms with E-state index < -0.39 is 0 Å². The smallest absolute Gasteiger partial charge is 0.241 e. The predicted molar refractivity (Wildman–Crippen MR) is 63.6 cm³/mol. The minimum absolute atomic E-state index is 0.0361. The van der Waals surface area contributed by atoms with Crippen LogP contribution in [0.2, 0.25) is 10.0 Å². The highest BCUT2D eigenvalue weighted by Gasteiger charge is 2.08. The van der Waals surface area contributed by atoms with E-state index in [2.05, 4.69) is 5.32 Å². The largest absolute Gasteiger partial charge is 0.374 e. The zero-order valence-electron chi connectivity index (χ0n) is 8.55. The minimum atomic E-state index is -0.0361. The molecule has 0 fully saturated rings. The quantitative estimate of drug-likeness (QED) is 0.889. The lowest BCUT2D eigenvalue weighted by Crippen LogP contribution is -2.28.